The Kier molecular flexibility index (Phi) is 5.91. The maximum Gasteiger partial charge on any atom is 0.379 e. The van der Waals surface area contributed by atoms with Gasteiger partial charge in [-0.3, -0.25) is 0 Å². The van der Waals surface area contributed by atoms with Gasteiger partial charge < -0.3 is 15.4 Å². The number of hydrogen-bond acceptors (Lipinski definition) is 5. The standard InChI is InChI=1S/C21H25FN4O.CHF3/c1-20(22)8-7-16-17(24-19(25-18(16)20)26-10-2-11-26)14-3-5-15(6-4-14)21(23)9-12-27-13-21;2-1(3)4/h3-6H,2,7-13,23H2,1H3;1H. The summed E-state index contributed by atoms with van der Waals surface area (Å²) in [6.07, 6.45) is 3.11. The summed E-state index contributed by atoms with van der Waals surface area (Å²) in [4.78, 5) is 11.6. The quantitative estimate of drug-likeness (QED) is 0.727. The third-order valence-electron chi connectivity index (χ3n) is 6.26. The number of benzene rings is 1. The summed E-state index contributed by atoms with van der Waals surface area (Å²) in [5.41, 5.74) is 9.14. The predicted molar refractivity (Wildman–Crippen MR) is 109 cm³/mol. The van der Waals surface area contributed by atoms with Crippen LogP contribution < -0.4 is 10.6 Å². The Morgan fingerprint density at radius 3 is 2.32 bits per heavy atom. The van der Waals surface area contributed by atoms with E-state index >= 15 is 4.39 Å². The van der Waals surface area contributed by atoms with Crippen molar-refractivity contribution in [3.05, 3.63) is 41.1 Å². The molecular formula is C22H26F4N4O. The van der Waals surface area contributed by atoms with Crippen molar-refractivity contribution in [1.82, 2.24) is 9.97 Å². The molecule has 2 fully saturated rings. The fourth-order valence-electron chi connectivity index (χ4n) is 4.28. The number of hydrogen-bond donors (Lipinski definition) is 1. The van der Waals surface area contributed by atoms with Crippen molar-refractivity contribution in [2.24, 2.45) is 5.73 Å². The molecule has 0 amide bonds. The van der Waals surface area contributed by atoms with Crippen LogP contribution in [0.25, 0.3) is 11.3 Å². The number of nitrogens with two attached hydrogens (primary N) is 1. The van der Waals surface area contributed by atoms with Crippen molar-refractivity contribution in [2.45, 2.75) is 50.5 Å². The molecule has 1 aromatic heterocycles. The molecule has 2 saturated heterocycles. The van der Waals surface area contributed by atoms with Crippen LogP contribution in [0.1, 0.15) is 43.0 Å². The Morgan fingerprint density at radius 1 is 1.10 bits per heavy atom. The van der Waals surface area contributed by atoms with Crippen molar-refractivity contribution in [2.75, 3.05) is 31.2 Å². The van der Waals surface area contributed by atoms with E-state index in [1.807, 2.05) is 0 Å². The zero-order chi connectivity index (χ0) is 22.2. The van der Waals surface area contributed by atoms with Crippen LogP contribution in [0.5, 0.6) is 0 Å². The van der Waals surface area contributed by atoms with Crippen molar-refractivity contribution in [1.29, 1.82) is 0 Å². The van der Waals surface area contributed by atoms with Crippen LogP contribution in [-0.4, -0.2) is 43.0 Å². The van der Waals surface area contributed by atoms with E-state index in [4.69, 9.17) is 15.5 Å². The molecule has 0 saturated carbocycles. The van der Waals surface area contributed by atoms with Crippen molar-refractivity contribution in [3.8, 4) is 11.3 Å². The number of aromatic nitrogens is 2. The van der Waals surface area contributed by atoms with E-state index in [0.29, 0.717) is 37.7 Å². The molecule has 0 bridgehead atoms. The molecule has 168 valence electrons. The molecule has 3 aliphatic rings. The highest BCUT2D eigenvalue weighted by atomic mass is 19.4. The number of fused-ring (bicyclic) bond motifs is 1. The molecule has 0 radical (unpaired) electrons. The first-order chi connectivity index (χ1) is 14.7. The van der Waals surface area contributed by atoms with Crippen LogP contribution in [-0.2, 0) is 22.4 Å². The molecule has 5 rings (SSSR count). The third kappa shape index (κ3) is 4.39. The van der Waals surface area contributed by atoms with E-state index in [-0.39, 0.29) is 0 Å². The van der Waals surface area contributed by atoms with Crippen LogP contribution in [0.15, 0.2) is 24.3 Å². The number of rotatable bonds is 3. The molecule has 31 heavy (non-hydrogen) atoms. The summed E-state index contributed by atoms with van der Waals surface area (Å²) in [6, 6.07) is 8.23. The van der Waals surface area contributed by atoms with Gasteiger partial charge in [0.25, 0.3) is 0 Å². The first kappa shape index (κ1) is 22.0. The molecule has 5 nitrogen and oxygen atoms in total. The summed E-state index contributed by atoms with van der Waals surface area (Å²) in [5.74, 6) is 0.657. The highest BCUT2D eigenvalue weighted by molar-refractivity contribution is 5.67. The lowest BCUT2D eigenvalue weighted by atomic mass is 9.89. The fourth-order valence-corrected chi connectivity index (χ4v) is 4.28. The van der Waals surface area contributed by atoms with Gasteiger partial charge in [-0.15, -0.1) is 0 Å². The summed E-state index contributed by atoms with van der Waals surface area (Å²) < 4.78 is 49.5. The predicted octanol–water partition coefficient (Wildman–Crippen LogP) is 4.24. The van der Waals surface area contributed by atoms with Gasteiger partial charge in [0, 0.05) is 30.8 Å². The molecule has 2 atom stereocenters. The number of ether oxygens (including phenoxy) is 1. The second kappa shape index (κ2) is 8.35. The van der Waals surface area contributed by atoms with Gasteiger partial charge in [0.15, 0.2) is 5.67 Å². The van der Waals surface area contributed by atoms with E-state index < -0.39 is 17.9 Å². The Balaban J connectivity index is 0.000000535. The maximum absolute atomic E-state index is 15.0. The van der Waals surface area contributed by atoms with E-state index in [2.05, 4.69) is 34.1 Å². The summed E-state index contributed by atoms with van der Waals surface area (Å²) in [7, 11) is 0. The van der Waals surface area contributed by atoms with Crippen LogP contribution in [0.3, 0.4) is 0 Å². The molecule has 2 unspecified atom stereocenters. The first-order valence-corrected chi connectivity index (χ1v) is 10.4. The molecule has 1 aliphatic carbocycles. The zero-order valence-electron chi connectivity index (χ0n) is 17.4. The lowest BCUT2D eigenvalue weighted by molar-refractivity contribution is 0.00819. The maximum atomic E-state index is 15.0. The minimum atomic E-state index is -3.67. The van der Waals surface area contributed by atoms with Gasteiger partial charge in [0.2, 0.25) is 5.95 Å². The fraction of sp³-hybridized carbons (Fsp3) is 0.545. The molecule has 2 N–H and O–H groups in total. The third-order valence-corrected chi connectivity index (χ3v) is 6.26. The lowest BCUT2D eigenvalue weighted by Gasteiger charge is -2.32. The Morgan fingerprint density at radius 2 is 1.77 bits per heavy atom. The van der Waals surface area contributed by atoms with Gasteiger partial charge in [-0.2, -0.15) is 13.2 Å². The van der Waals surface area contributed by atoms with Gasteiger partial charge in [-0.1, -0.05) is 24.3 Å². The summed E-state index contributed by atoms with van der Waals surface area (Å²) in [6.45, 7) is 1.10. The molecule has 2 aliphatic heterocycles. The number of alkyl halides is 4. The SMILES string of the molecule is CC1(F)CCc2c(-c3ccc(C4(N)CCOC4)cc3)nc(N3CCC3)nc21.FC(F)F. The molecular weight excluding hydrogens is 412 g/mol. The second-order valence-electron chi connectivity index (χ2n) is 8.52. The van der Waals surface area contributed by atoms with Crippen LogP contribution in [0.4, 0.5) is 23.5 Å². The number of nitrogens with zero attached hydrogens (tertiary/aromatic N) is 3. The summed E-state index contributed by atoms with van der Waals surface area (Å²) in [5, 5.41) is 0. The molecule has 9 heteroatoms. The lowest BCUT2D eigenvalue weighted by Crippen LogP contribution is -2.38. The Bertz CT molecular complexity index is 923. The molecule has 3 heterocycles. The van der Waals surface area contributed by atoms with Gasteiger partial charge in [-0.05, 0) is 38.2 Å². The van der Waals surface area contributed by atoms with Gasteiger partial charge >= 0.3 is 6.68 Å². The van der Waals surface area contributed by atoms with Gasteiger partial charge in [0.1, 0.15) is 0 Å². The van der Waals surface area contributed by atoms with E-state index in [1.165, 1.54) is 0 Å². The van der Waals surface area contributed by atoms with Crippen molar-refractivity contribution < 1.29 is 22.3 Å². The monoisotopic (exact) mass is 438 g/mol. The highest BCUT2D eigenvalue weighted by Gasteiger charge is 2.39. The average molecular weight is 438 g/mol. The van der Waals surface area contributed by atoms with Gasteiger partial charge in [-0.25, -0.2) is 14.4 Å². The van der Waals surface area contributed by atoms with Crippen LogP contribution >= 0.6 is 0 Å². The van der Waals surface area contributed by atoms with Gasteiger partial charge in [0.05, 0.1) is 23.5 Å². The molecule has 2 aromatic rings. The second-order valence-corrected chi connectivity index (χ2v) is 8.52. The first-order valence-electron chi connectivity index (χ1n) is 10.4. The topological polar surface area (TPSA) is 64.3 Å². The number of anilines is 1. The minimum Gasteiger partial charge on any atom is -0.379 e. The molecule has 1 aromatic carbocycles. The molecule has 0 spiro atoms. The van der Waals surface area contributed by atoms with Crippen molar-refractivity contribution >= 4 is 5.95 Å². The Hall–Kier alpha value is -2.26. The highest BCUT2D eigenvalue weighted by Crippen LogP contribution is 2.43. The van der Waals surface area contributed by atoms with Crippen molar-refractivity contribution in [3.63, 3.8) is 0 Å². The van der Waals surface area contributed by atoms with E-state index in [1.54, 1.807) is 6.92 Å². The minimum absolute atomic E-state index is 0.410. The normalized spacial score (nSPS) is 27.0. The van der Waals surface area contributed by atoms with E-state index in [9.17, 15) is 13.2 Å². The Labute approximate surface area is 178 Å². The smallest absolute Gasteiger partial charge is 0.379 e. The summed E-state index contributed by atoms with van der Waals surface area (Å²) >= 11 is 0. The largest absolute Gasteiger partial charge is 0.379 e. The average Bonchev–Trinajstić information content (AvgIpc) is 3.24. The van der Waals surface area contributed by atoms with E-state index in [0.717, 1.165) is 48.3 Å². The zero-order valence-corrected chi connectivity index (χ0v) is 17.4. The number of halogens is 4. The van der Waals surface area contributed by atoms with Crippen LogP contribution in [0.2, 0.25) is 0 Å². The van der Waals surface area contributed by atoms with Crippen LogP contribution in [0, 0.1) is 0 Å².